The van der Waals surface area contributed by atoms with E-state index < -0.39 is 29.1 Å². The van der Waals surface area contributed by atoms with Gasteiger partial charge in [0.25, 0.3) is 5.91 Å². The molecular formula is C23H21FN4O4. The molecule has 1 atom stereocenters. The van der Waals surface area contributed by atoms with Crippen molar-refractivity contribution in [1.82, 2.24) is 14.9 Å². The first kappa shape index (κ1) is 21.2. The molecule has 3 aromatic rings. The Morgan fingerprint density at radius 3 is 2.50 bits per heavy atom. The van der Waals surface area contributed by atoms with Crippen LogP contribution in [0.5, 0.6) is 0 Å². The van der Waals surface area contributed by atoms with Gasteiger partial charge in [-0.25, -0.2) is 14.2 Å². The number of nitrogens with zero attached hydrogens (tertiary/aromatic N) is 3. The molecule has 4 rings (SSSR count). The molecule has 0 aliphatic carbocycles. The van der Waals surface area contributed by atoms with Gasteiger partial charge in [-0.2, -0.15) is 0 Å². The quantitative estimate of drug-likeness (QED) is 0.621. The van der Waals surface area contributed by atoms with E-state index in [1.165, 1.54) is 47.2 Å². The van der Waals surface area contributed by atoms with Crippen molar-refractivity contribution < 1.29 is 23.5 Å². The van der Waals surface area contributed by atoms with Gasteiger partial charge in [-0.15, -0.1) is 0 Å². The Kier molecular flexibility index (Phi) is 5.48. The number of fused-ring (bicyclic) bond motifs is 1. The van der Waals surface area contributed by atoms with Crippen molar-refractivity contribution in [1.29, 1.82) is 0 Å². The summed E-state index contributed by atoms with van der Waals surface area (Å²) >= 11 is 0. The third-order valence-corrected chi connectivity index (χ3v) is 5.46. The predicted octanol–water partition coefficient (Wildman–Crippen LogP) is 2.54. The number of hydrogen-bond acceptors (Lipinski definition) is 5. The van der Waals surface area contributed by atoms with E-state index in [2.05, 4.69) is 10.3 Å². The van der Waals surface area contributed by atoms with Gasteiger partial charge in [0.1, 0.15) is 17.1 Å². The van der Waals surface area contributed by atoms with E-state index >= 15 is 0 Å². The molecule has 0 bridgehead atoms. The molecule has 1 N–H and O–H groups in total. The summed E-state index contributed by atoms with van der Waals surface area (Å²) in [5, 5.41) is 2.88. The zero-order chi connectivity index (χ0) is 22.9. The molecular weight excluding hydrogens is 415 g/mol. The number of aromatic nitrogens is 2. The lowest BCUT2D eigenvalue weighted by molar-refractivity contribution is -0.126. The molecule has 9 heteroatoms. The van der Waals surface area contributed by atoms with E-state index in [1.807, 2.05) is 30.3 Å². The van der Waals surface area contributed by atoms with Crippen LogP contribution in [0, 0.1) is 5.82 Å². The standard InChI is InChI=1S/C23H21FN4O4/c1-23(22(31)25-12-15-6-4-3-5-7-15)13-27-14-26-18(21(30)32-2)19(27)20(29)28(23)17-10-8-16(24)9-11-17/h3-11,14H,12-13H2,1-2H3,(H,25,31)/t23-/m1/s1. The minimum atomic E-state index is -1.37. The summed E-state index contributed by atoms with van der Waals surface area (Å²) in [5.74, 6) is -2.26. The summed E-state index contributed by atoms with van der Waals surface area (Å²) in [6.07, 6.45) is 1.34. The monoisotopic (exact) mass is 436 g/mol. The van der Waals surface area contributed by atoms with Gasteiger partial charge in [0.05, 0.1) is 20.0 Å². The van der Waals surface area contributed by atoms with Crippen molar-refractivity contribution in [3.8, 4) is 0 Å². The fraction of sp³-hybridized carbons (Fsp3) is 0.217. The Morgan fingerprint density at radius 1 is 1.16 bits per heavy atom. The first-order valence-corrected chi connectivity index (χ1v) is 9.91. The fourth-order valence-corrected chi connectivity index (χ4v) is 3.84. The van der Waals surface area contributed by atoms with Crippen molar-refractivity contribution in [3.63, 3.8) is 0 Å². The number of rotatable bonds is 5. The smallest absolute Gasteiger partial charge is 0.359 e. The van der Waals surface area contributed by atoms with Crippen LogP contribution in [0.1, 0.15) is 33.5 Å². The topological polar surface area (TPSA) is 93.5 Å². The maximum Gasteiger partial charge on any atom is 0.359 e. The average molecular weight is 436 g/mol. The second-order valence-electron chi connectivity index (χ2n) is 7.62. The van der Waals surface area contributed by atoms with Crippen LogP contribution in [0.3, 0.4) is 0 Å². The van der Waals surface area contributed by atoms with Crippen molar-refractivity contribution in [2.45, 2.75) is 25.6 Å². The van der Waals surface area contributed by atoms with Crippen molar-refractivity contribution in [3.05, 3.63) is 83.7 Å². The number of anilines is 1. The third-order valence-electron chi connectivity index (χ3n) is 5.46. The van der Waals surface area contributed by atoms with Crippen molar-refractivity contribution >= 4 is 23.5 Å². The molecule has 0 saturated carbocycles. The van der Waals surface area contributed by atoms with E-state index in [0.29, 0.717) is 5.69 Å². The number of benzene rings is 2. The molecule has 2 aromatic carbocycles. The highest BCUT2D eigenvalue weighted by Crippen LogP contribution is 2.34. The van der Waals surface area contributed by atoms with E-state index in [4.69, 9.17) is 4.74 Å². The van der Waals surface area contributed by atoms with Crippen LogP contribution in [-0.4, -0.2) is 40.0 Å². The summed E-state index contributed by atoms with van der Waals surface area (Å²) in [4.78, 5) is 44.4. The number of halogens is 1. The lowest BCUT2D eigenvalue weighted by Gasteiger charge is -2.43. The molecule has 0 fully saturated rings. The molecule has 0 spiro atoms. The maximum atomic E-state index is 13.6. The molecule has 32 heavy (non-hydrogen) atoms. The molecule has 1 aliphatic rings. The minimum Gasteiger partial charge on any atom is -0.464 e. The van der Waals surface area contributed by atoms with Gasteiger partial charge in [0, 0.05) is 12.2 Å². The number of nitrogens with one attached hydrogen (secondary N) is 1. The molecule has 0 unspecified atom stereocenters. The van der Waals surface area contributed by atoms with E-state index in [-0.39, 0.29) is 24.5 Å². The molecule has 1 aliphatic heterocycles. The molecule has 0 radical (unpaired) electrons. The summed E-state index contributed by atoms with van der Waals surface area (Å²) in [7, 11) is 1.19. The van der Waals surface area contributed by atoms with Crippen LogP contribution in [0.15, 0.2) is 60.9 Å². The zero-order valence-electron chi connectivity index (χ0n) is 17.5. The Bertz CT molecular complexity index is 1180. The number of amides is 2. The first-order chi connectivity index (χ1) is 15.3. The number of methoxy groups -OCH3 is 1. The SMILES string of the molecule is COC(=O)c1ncn2c1C(=O)N(c1ccc(F)cc1)[C@@](C)(C(=O)NCc1ccccc1)C2. The van der Waals surface area contributed by atoms with Crippen LogP contribution >= 0.6 is 0 Å². The van der Waals surface area contributed by atoms with Crippen LogP contribution in [0.2, 0.25) is 0 Å². The van der Waals surface area contributed by atoms with Crippen LogP contribution in [0.25, 0.3) is 0 Å². The number of carbonyl (C=O) groups excluding carboxylic acids is 3. The Balaban J connectivity index is 1.75. The molecule has 1 aromatic heterocycles. The highest BCUT2D eigenvalue weighted by molar-refractivity contribution is 6.15. The Hall–Kier alpha value is -4.01. The number of ether oxygens (including phenoxy) is 1. The number of esters is 1. The summed E-state index contributed by atoms with van der Waals surface area (Å²) in [6, 6.07) is 14.6. The van der Waals surface area contributed by atoms with Gasteiger partial charge in [-0.3, -0.25) is 14.5 Å². The molecule has 0 saturated heterocycles. The second kappa shape index (κ2) is 8.26. The van der Waals surface area contributed by atoms with Crippen molar-refractivity contribution in [2.24, 2.45) is 0 Å². The van der Waals surface area contributed by atoms with E-state index in [0.717, 1.165) is 5.56 Å². The Morgan fingerprint density at radius 2 is 1.84 bits per heavy atom. The predicted molar refractivity (Wildman–Crippen MR) is 113 cm³/mol. The van der Waals surface area contributed by atoms with Gasteiger partial charge in [0.15, 0.2) is 5.69 Å². The van der Waals surface area contributed by atoms with E-state index in [9.17, 15) is 18.8 Å². The van der Waals surface area contributed by atoms with Crippen molar-refractivity contribution in [2.75, 3.05) is 12.0 Å². The Labute approximate surface area is 183 Å². The van der Waals surface area contributed by atoms with Crippen LogP contribution in [0.4, 0.5) is 10.1 Å². The molecule has 164 valence electrons. The molecule has 2 heterocycles. The highest BCUT2D eigenvalue weighted by Gasteiger charge is 2.49. The fourth-order valence-electron chi connectivity index (χ4n) is 3.84. The molecule has 2 amide bonds. The van der Waals surface area contributed by atoms with Gasteiger partial charge >= 0.3 is 5.97 Å². The van der Waals surface area contributed by atoms with Gasteiger partial charge in [0.2, 0.25) is 5.91 Å². The van der Waals surface area contributed by atoms with E-state index in [1.54, 1.807) is 6.92 Å². The minimum absolute atomic E-state index is 0.00880. The van der Waals surface area contributed by atoms with Crippen LogP contribution < -0.4 is 10.2 Å². The second-order valence-corrected chi connectivity index (χ2v) is 7.62. The van der Waals surface area contributed by atoms with Gasteiger partial charge in [-0.05, 0) is 36.8 Å². The summed E-state index contributed by atoms with van der Waals surface area (Å²) in [6.45, 7) is 1.93. The highest BCUT2D eigenvalue weighted by atomic mass is 19.1. The summed E-state index contributed by atoms with van der Waals surface area (Å²) in [5.41, 5.74) is -0.288. The molecule has 8 nitrogen and oxygen atoms in total. The first-order valence-electron chi connectivity index (χ1n) is 9.91. The number of imidazole rings is 1. The van der Waals surface area contributed by atoms with Crippen LogP contribution in [-0.2, 0) is 22.6 Å². The summed E-state index contributed by atoms with van der Waals surface area (Å²) < 4.78 is 19.8. The lowest BCUT2D eigenvalue weighted by Crippen LogP contribution is -2.64. The largest absolute Gasteiger partial charge is 0.464 e. The average Bonchev–Trinajstić information content (AvgIpc) is 3.22. The normalized spacial score (nSPS) is 17.6. The zero-order valence-corrected chi connectivity index (χ0v) is 17.5. The maximum absolute atomic E-state index is 13.6. The van der Waals surface area contributed by atoms with Gasteiger partial charge < -0.3 is 14.6 Å². The number of carbonyl (C=O) groups is 3. The van der Waals surface area contributed by atoms with Gasteiger partial charge in [-0.1, -0.05) is 30.3 Å². The lowest BCUT2D eigenvalue weighted by atomic mass is 9.93. The third kappa shape index (κ3) is 3.62. The number of hydrogen-bond donors (Lipinski definition) is 1.